The first-order valence-corrected chi connectivity index (χ1v) is 11.8. The van der Waals surface area contributed by atoms with Crippen LogP contribution < -0.4 is 14.4 Å². The average molecular weight is 513 g/mol. The number of hydrogen-bond acceptors (Lipinski definition) is 5. The maximum Gasteiger partial charge on any atom is 0.419 e. The number of carbonyl (C=O) groups excluding carboxylic acids is 1. The summed E-state index contributed by atoms with van der Waals surface area (Å²) in [4.78, 5) is 13.6. The summed E-state index contributed by atoms with van der Waals surface area (Å²) in [6.45, 7) is 0.405. The van der Waals surface area contributed by atoms with Crippen molar-refractivity contribution in [1.29, 1.82) is 0 Å². The maximum absolute atomic E-state index is 14.3. The number of rotatable bonds is 6. The first kappa shape index (κ1) is 25.0. The highest BCUT2D eigenvalue weighted by atomic mass is 35.5. The van der Waals surface area contributed by atoms with E-state index < -0.39 is 44.9 Å². The van der Waals surface area contributed by atoms with E-state index in [0.717, 1.165) is 24.5 Å². The lowest BCUT2D eigenvalue weighted by Crippen LogP contribution is -2.34. The number of nitrogens with one attached hydrogen (secondary N) is 1. The minimum atomic E-state index is -4.80. The van der Waals surface area contributed by atoms with Crippen molar-refractivity contribution in [2.75, 3.05) is 24.3 Å². The minimum absolute atomic E-state index is 0.0450. The van der Waals surface area contributed by atoms with Crippen LogP contribution in [0.25, 0.3) is 0 Å². The fourth-order valence-corrected chi connectivity index (χ4v) is 4.15. The second kappa shape index (κ2) is 9.34. The Kier molecular flexibility index (Phi) is 7.08. The van der Waals surface area contributed by atoms with Gasteiger partial charge in [0.25, 0.3) is 5.91 Å². The van der Waals surface area contributed by atoms with E-state index in [2.05, 4.69) is 0 Å². The molecular formula is C20H18ClF5N2O4S. The second-order valence-corrected chi connectivity index (χ2v) is 9.58. The van der Waals surface area contributed by atoms with E-state index >= 15 is 0 Å². The lowest BCUT2D eigenvalue weighted by atomic mass is 10.1. The number of benzene rings is 2. The molecule has 180 valence electrons. The molecule has 0 unspecified atom stereocenters. The number of alkyl halides is 3. The predicted octanol–water partition coefficient (Wildman–Crippen LogP) is 4.37. The van der Waals surface area contributed by atoms with Gasteiger partial charge in [0, 0.05) is 18.3 Å². The van der Waals surface area contributed by atoms with Crippen LogP contribution in [0.3, 0.4) is 0 Å². The zero-order valence-corrected chi connectivity index (χ0v) is 18.6. The highest BCUT2D eigenvalue weighted by molar-refractivity contribution is 7.89. The number of anilines is 1. The van der Waals surface area contributed by atoms with Gasteiger partial charge in [0.1, 0.15) is 24.0 Å². The van der Waals surface area contributed by atoms with Crippen LogP contribution in [-0.2, 0) is 16.2 Å². The molecule has 1 amide bonds. The molecule has 1 N–H and O–H groups in total. The molecule has 0 aromatic heterocycles. The van der Waals surface area contributed by atoms with Gasteiger partial charge in [-0.1, -0.05) is 11.6 Å². The zero-order valence-electron chi connectivity index (χ0n) is 17.0. The molecule has 13 heteroatoms. The molecule has 3 rings (SSSR count). The van der Waals surface area contributed by atoms with Crippen LogP contribution in [0.2, 0.25) is 5.02 Å². The van der Waals surface area contributed by atoms with Crippen molar-refractivity contribution >= 4 is 33.2 Å². The Morgan fingerprint density at radius 2 is 1.91 bits per heavy atom. The molecule has 1 aliphatic heterocycles. The molecule has 0 bridgehead atoms. The molecule has 1 atom stereocenters. The van der Waals surface area contributed by atoms with Gasteiger partial charge >= 0.3 is 6.18 Å². The summed E-state index contributed by atoms with van der Waals surface area (Å²) in [5, 5.41) is -0.153. The van der Waals surface area contributed by atoms with E-state index in [-0.39, 0.29) is 29.1 Å². The molecule has 6 nitrogen and oxygen atoms in total. The third-order valence-corrected chi connectivity index (χ3v) is 5.79. The molecule has 2 aromatic rings. The summed E-state index contributed by atoms with van der Waals surface area (Å²) in [7, 11) is -3.91. The van der Waals surface area contributed by atoms with Crippen molar-refractivity contribution in [2.24, 2.45) is 0 Å². The van der Waals surface area contributed by atoms with Crippen molar-refractivity contribution in [1.82, 2.24) is 4.72 Å². The number of sulfonamides is 1. The van der Waals surface area contributed by atoms with Crippen LogP contribution in [-0.4, -0.2) is 39.8 Å². The molecule has 1 heterocycles. The molecule has 0 aliphatic carbocycles. The number of halogens is 6. The summed E-state index contributed by atoms with van der Waals surface area (Å²) in [6.07, 6.45) is -2.82. The Morgan fingerprint density at radius 3 is 2.52 bits per heavy atom. The van der Waals surface area contributed by atoms with Gasteiger partial charge in [-0.2, -0.15) is 13.2 Å². The molecule has 1 saturated heterocycles. The lowest BCUT2D eigenvalue weighted by Gasteiger charge is -2.27. The summed E-state index contributed by atoms with van der Waals surface area (Å²) in [6, 6.07) is 4.05. The van der Waals surface area contributed by atoms with Gasteiger partial charge in [0.05, 0.1) is 28.4 Å². The van der Waals surface area contributed by atoms with Crippen LogP contribution in [0, 0.1) is 11.6 Å². The first-order chi connectivity index (χ1) is 15.3. The van der Waals surface area contributed by atoms with Crippen molar-refractivity contribution in [3.05, 3.63) is 58.1 Å². The van der Waals surface area contributed by atoms with E-state index in [1.807, 2.05) is 0 Å². The van der Waals surface area contributed by atoms with Crippen LogP contribution in [0.5, 0.6) is 5.75 Å². The third-order valence-electron chi connectivity index (χ3n) is 4.94. The molecule has 0 spiro atoms. The molecule has 1 fully saturated rings. The molecule has 33 heavy (non-hydrogen) atoms. The van der Waals surface area contributed by atoms with Crippen molar-refractivity contribution < 1.29 is 39.9 Å². The first-order valence-electron chi connectivity index (χ1n) is 9.53. The standard InChI is InChI=1S/C20H18ClF5N2O4S/c1-33(30,31)27-19(29)13-8-15(21)18(9-16(13)22)32-10-12-3-2-6-28(12)11-4-5-14(17(23)7-11)20(24,25)26/h4-5,7-9,12H,2-3,6,10H2,1H3,(H,27,29)/t12-/m1/s1. The Hall–Kier alpha value is -2.60. The van der Waals surface area contributed by atoms with Gasteiger partial charge in [0.2, 0.25) is 10.0 Å². The van der Waals surface area contributed by atoms with Crippen molar-refractivity contribution in [2.45, 2.75) is 25.1 Å². The summed E-state index contributed by atoms with van der Waals surface area (Å²) in [5.41, 5.74) is -1.71. The Morgan fingerprint density at radius 1 is 1.21 bits per heavy atom. The van der Waals surface area contributed by atoms with Crippen LogP contribution in [0.15, 0.2) is 30.3 Å². The van der Waals surface area contributed by atoms with E-state index in [0.29, 0.717) is 25.5 Å². The van der Waals surface area contributed by atoms with E-state index in [9.17, 15) is 35.2 Å². The molecule has 0 saturated carbocycles. The Balaban J connectivity index is 1.73. The fraction of sp³-hybridized carbons (Fsp3) is 0.350. The number of carbonyl (C=O) groups is 1. The largest absolute Gasteiger partial charge is 0.490 e. The number of amides is 1. The van der Waals surface area contributed by atoms with Crippen molar-refractivity contribution in [3.63, 3.8) is 0 Å². The number of ether oxygens (including phenoxy) is 1. The smallest absolute Gasteiger partial charge is 0.419 e. The van der Waals surface area contributed by atoms with Gasteiger partial charge in [-0.3, -0.25) is 4.79 Å². The van der Waals surface area contributed by atoms with Gasteiger partial charge < -0.3 is 9.64 Å². The van der Waals surface area contributed by atoms with Crippen LogP contribution in [0.4, 0.5) is 27.6 Å². The van der Waals surface area contributed by atoms with E-state index in [1.165, 1.54) is 6.07 Å². The predicted molar refractivity (Wildman–Crippen MR) is 111 cm³/mol. The molecule has 0 radical (unpaired) electrons. The summed E-state index contributed by atoms with van der Waals surface area (Å²) in [5.74, 6) is -3.77. The van der Waals surface area contributed by atoms with Crippen LogP contribution in [0.1, 0.15) is 28.8 Å². The molecule has 2 aromatic carbocycles. The average Bonchev–Trinajstić information content (AvgIpc) is 3.14. The summed E-state index contributed by atoms with van der Waals surface area (Å²) >= 11 is 6.05. The van der Waals surface area contributed by atoms with Crippen LogP contribution >= 0.6 is 11.6 Å². The third kappa shape index (κ3) is 6.05. The van der Waals surface area contributed by atoms with Gasteiger partial charge in [-0.15, -0.1) is 0 Å². The highest BCUT2D eigenvalue weighted by Crippen LogP contribution is 2.35. The highest BCUT2D eigenvalue weighted by Gasteiger charge is 2.35. The van der Waals surface area contributed by atoms with Gasteiger partial charge in [0.15, 0.2) is 0 Å². The SMILES string of the molecule is CS(=O)(=O)NC(=O)c1cc(Cl)c(OC[C@H]2CCCN2c2ccc(C(F)(F)F)c(F)c2)cc1F. The Bertz CT molecular complexity index is 1170. The topological polar surface area (TPSA) is 75.7 Å². The quantitative estimate of drug-likeness (QED) is 0.582. The fourth-order valence-electron chi connectivity index (χ4n) is 3.48. The molecular weight excluding hydrogens is 495 g/mol. The maximum atomic E-state index is 14.3. The second-order valence-electron chi connectivity index (χ2n) is 7.43. The summed E-state index contributed by atoms with van der Waals surface area (Å²) < 4.78 is 96.2. The van der Waals surface area contributed by atoms with E-state index in [1.54, 1.807) is 9.62 Å². The van der Waals surface area contributed by atoms with Gasteiger partial charge in [-0.25, -0.2) is 21.9 Å². The Labute approximate surface area is 191 Å². The van der Waals surface area contributed by atoms with E-state index in [4.69, 9.17) is 16.3 Å². The minimum Gasteiger partial charge on any atom is -0.490 e. The normalized spacial score (nSPS) is 16.7. The van der Waals surface area contributed by atoms with Gasteiger partial charge in [-0.05, 0) is 37.1 Å². The number of hydrogen-bond donors (Lipinski definition) is 1. The molecule has 1 aliphatic rings. The zero-order chi connectivity index (χ0) is 24.6. The monoisotopic (exact) mass is 512 g/mol. The lowest BCUT2D eigenvalue weighted by molar-refractivity contribution is -0.139. The van der Waals surface area contributed by atoms with Crippen molar-refractivity contribution in [3.8, 4) is 5.75 Å². The number of nitrogens with zero attached hydrogens (tertiary/aromatic N) is 1.